The molecule has 0 saturated heterocycles. The van der Waals surface area contributed by atoms with Crippen LogP contribution in [0, 0.1) is 0 Å². The molecule has 0 unspecified atom stereocenters. The van der Waals surface area contributed by atoms with Crippen molar-refractivity contribution in [1.29, 1.82) is 0 Å². The Morgan fingerprint density at radius 1 is 1.32 bits per heavy atom. The summed E-state index contributed by atoms with van der Waals surface area (Å²) < 4.78 is 0. The summed E-state index contributed by atoms with van der Waals surface area (Å²) in [4.78, 5) is 43.7. The average Bonchev–Trinajstić information content (AvgIpc) is 3.23. The van der Waals surface area contributed by atoms with Crippen molar-refractivity contribution >= 4 is 46.4 Å². The Hall–Kier alpha value is -2.13. The summed E-state index contributed by atoms with van der Waals surface area (Å²) in [5.41, 5.74) is -0.534. The molecule has 2 aromatic heterocycles. The van der Waals surface area contributed by atoms with Crippen LogP contribution in [-0.2, 0) is 4.79 Å². The molecular formula is C16H18N4O3S2. The van der Waals surface area contributed by atoms with Crippen LogP contribution in [0.1, 0.15) is 42.3 Å². The van der Waals surface area contributed by atoms with Gasteiger partial charge in [0.2, 0.25) is 5.91 Å². The summed E-state index contributed by atoms with van der Waals surface area (Å²) in [5, 5.41) is 7.73. The Bertz CT molecular complexity index is 826. The maximum atomic E-state index is 12.4. The summed E-state index contributed by atoms with van der Waals surface area (Å²) in [5.74, 6) is -0.701. The zero-order valence-corrected chi connectivity index (χ0v) is 15.3. The number of carbonyl (C=O) groups excluding carboxylic acids is 2. The topological polar surface area (TPSA) is 104 Å². The van der Waals surface area contributed by atoms with Crippen molar-refractivity contribution in [2.45, 2.75) is 43.0 Å². The van der Waals surface area contributed by atoms with E-state index in [1.54, 1.807) is 17.5 Å². The predicted octanol–water partition coefficient (Wildman–Crippen LogP) is 3.08. The van der Waals surface area contributed by atoms with E-state index in [1.165, 1.54) is 42.9 Å². The van der Waals surface area contributed by atoms with E-state index < -0.39 is 11.5 Å². The number of rotatable bonds is 5. The number of hydrogen-bond donors (Lipinski definition) is 3. The first-order chi connectivity index (χ1) is 12.0. The number of H-pyrrole nitrogens is 1. The van der Waals surface area contributed by atoms with E-state index in [1.807, 2.05) is 0 Å². The first-order valence-electron chi connectivity index (χ1n) is 7.96. The smallest absolute Gasteiger partial charge is 0.277 e. The third-order valence-corrected chi connectivity index (χ3v) is 5.85. The zero-order chi connectivity index (χ0) is 17.8. The van der Waals surface area contributed by atoms with Gasteiger partial charge in [0.05, 0.1) is 4.88 Å². The lowest BCUT2D eigenvalue weighted by atomic mass is 10.4. The Labute approximate surface area is 152 Å². The van der Waals surface area contributed by atoms with Crippen molar-refractivity contribution in [3.8, 4) is 0 Å². The molecule has 2 amide bonds. The molecule has 2 heterocycles. The van der Waals surface area contributed by atoms with Crippen LogP contribution < -0.4 is 16.2 Å². The molecule has 0 spiro atoms. The fourth-order valence-electron chi connectivity index (χ4n) is 2.63. The Morgan fingerprint density at radius 3 is 2.72 bits per heavy atom. The van der Waals surface area contributed by atoms with Gasteiger partial charge in [0.15, 0.2) is 16.7 Å². The summed E-state index contributed by atoms with van der Waals surface area (Å²) in [6.45, 7) is 1.33. The van der Waals surface area contributed by atoms with Crippen LogP contribution in [0.5, 0.6) is 0 Å². The van der Waals surface area contributed by atoms with Crippen LogP contribution >= 0.6 is 23.1 Å². The fraction of sp³-hybridized carbons (Fsp3) is 0.375. The predicted molar refractivity (Wildman–Crippen MR) is 99.5 cm³/mol. The minimum Gasteiger partial charge on any atom is -0.314 e. The molecule has 1 fully saturated rings. The molecule has 25 heavy (non-hydrogen) atoms. The third kappa shape index (κ3) is 4.49. The summed E-state index contributed by atoms with van der Waals surface area (Å²) in [6.07, 6.45) is 4.52. The molecule has 2 aromatic rings. The van der Waals surface area contributed by atoms with Gasteiger partial charge in [-0.15, -0.1) is 11.3 Å². The van der Waals surface area contributed by atoms with E-state index in [-0.39, 0.29) is 17.4 Å². The second kappa shape index (κ2) is 7.83. The monoisotopic (exact) mass is 378 g/mol. The molecule has 0 bridgehead atoms. The first-order valence-corrected chi connectivity index (χ1v) is 9.72. The summed E-state index contributed by atoms with van der Waals surface area (Å²) >= 11 is 2.77. The summed E-state index contributed by atoms with van der Waals surface area (Å²) in [6, 6.07) is 3.40. The lowest BCUT2D eigenvalue weighted by Crippen LogP contribution is -2.24. The van der Waals surface area contributed by atoms with Crippen molar-refractivity contribution in [2.24, 2.45) is 0 Å². The van der Waals surface area contributed by atoms with Gasteiger partial charge < -0.3 is 10.6 Å². The third-order valence-electron chi connectivity index (χ3n) is 3.76. The van der Waals surface area contributed by atoms with E-state index in [0.29, 0.717) is 15.3 Å². The van der Waals surface area contributed by atoms with E-state index in [2.05, 4.69) is 20.6 Å². The molecular weight excluding hydrogens is 360 g/mol. The minimum atomic E-state index is -0.482. The van der Waals surface area contributed by atoms with Crippen molar-refractivity contribution in [2.75, 3.05) is 10.6 Å². The van der Waals surface area contributed by atoms with Crippen molar-refractivity contribution in [3.63, 3.8) is 0 Å². The normalized spacial score (nSPS) is 14.4. The molecule has 0 aromatic carbocycles. The average molecular weight is 378 g/mol. The molecule has 132 valence electrons. The second-order valence-electron chi connectivity index (χ2n) is 5.73. The van der Waals surface area contributed by atoms with E-state index in [0.717, 1.165) is 12.8 Å². The number of nitrogens with zero attached hydrogens (tertiary/aromatic N) is 1. The SMILES string of the molecule is CC(=O)Nc1nc(SC2CCCC2)[nH]c(=O)c1NC(=O)c1cccs1. The van der Waals surface area contributed by atoms with Gasteiger partial charge in [-0.1, -0.05) is 30.7 Å². The lowest BCUT2D eigenvalue weighted by molar-refractivity contribution is -0.114. The highest BCUT2D eigenvalue weighted by Gasteiger charge is 2.21. The maximum Gasteiger partial charge on any atom is 0.277 e. The first kappa shape index (κ1) is 17.7. The number of anilines is 2. The van der Waals surface area contributed by atoms with Crippen LogP contribution in [0.3, 0.4) is 0 Å². The molecule has 1 saturated carbocycles. The van der Waals surface area contributed by atoms with Crippen molar-refractivity contribution < 1.29 is 9.59 Å². The molecule has 0 aliphatic heterocycles. The molecule has 9 heteroatoms. The van der Waals surface area contributed by atoms with E-state index in [9.17, 15) is 14.4 Å². The van der Waals surface area contributed by atoms with Gasteiger partial charge in [-0.3, -0.25) is 19.4 Å². The fourth-order valence-corrected chi connectivity index (χ4v) is 4.43. The number of hydrogen-bond acceptors (Lipinski definition) is 6. The number of aromatic amines is 1. The number of thiophene rings is 1. The van der Waals surface area contributed by atoms with E-state index in [4.69, 9.17) is 0 Å². The lowest BCUT2D eigenvalue weighted by Gasteiger charge is -2.12. The molecule has 7 nitrogen and oxygen atoms in total. The van der Waals surface area contributed by atoms with Crippen molar-refractivity contribution in [1.82, 2.24) is 9.97 Å². The molecule has 3 N–H and O–H groups in total. The van der Waals surface area contributed by atoms with Crippen LogP contribution in [0.2, 0.25) is 0 Å². The van der Waals surface area contributed by atoms with Gasteiger partial charge in [-0.2, -0.15) is 0 Å². The highest BCUT2D eigenvalue weighted by atomic mass is 32.2. The quantitative estimate of drug-likeness (QED) is 0.694. The van der Waals surface area contributed by atoms with Gasteiger partial charge in [0, 0.05) is 12.2 Å². The molecule has 0 radical (unpaired) electrons. The van der Waals surface area contributed by atoms with Crippen molar-refractivity contribution in [3.05, 3.63) is 32.7 Å². The number of carbonyl (C=O) groups is 2. The van der Waals surface area contributed by atoms with Gasteiger partial charge in [0.1, 0.15) is 0 Å². The second-order valence-corrected chi connectivity index (χ2v) is 7.97. The van der Waals surface area contributed by atoms with Crippen LogP contribution in [0.4, 0.5) is 11.5 Å². The standard InChI is InChI=1S/C16H18N4O3S2/c1-9(21)17-13-12(18-14(22)11-7-4-8-24-11)15(23)20-16(19-13)25-10-5-2-3-6-10/h4,7-8,10H,2-3,5-6H2,1H3,(H,18,22)(H2,17,19,20,21,23). The van der Waals surface area contributed by atoms with Gasteiger partial charge in [-0.25, -0.2) is 4.98 Å². The van der Waals surface area contributed by atoms with E-state index >= 15 is 0 Å². The number of thioether (sulfide) groups is 1. The number of nitrogens with one attached hydrogen (secondary N) is 3. The largest absolute Gasteiger partial charge is 0.314 e. The van der Waals surface area contributed by atoms with Gasteiger partial charge >= 0.3 is 0 Å². The van der Waals surface area contributed by atoms with Gasteiger partial charge in [-0.05, 0) is 24.3 Å². The molecule has 3 rings (SSSR count). The van der Waals surface area contributed by atoms with Crippen LogP contribution in [0.25, 0.3) is 0 Å². The number of aromatic nitrogens is 2. The van der Waals surface area contributed by atoms with Crippen LogP contribution in [0.15, 0.2) is 27.5 Å². The Morgan fingerprint density at radius 2 is 2.08 bits per heavy atom. The highest BCUT2D eigenvalue weighted by molar-refractivity contribution is 7.99. The number of amides is 2. The van der Waals surface area contributed by atoms with Gasteiger partial charge in [0.25, 0.3) is 11.5 Å². The zero-order valence-electron chi connectivity index (χ0n) is 13.6. The molecule has 0 atom stereocenters. The Balaban J connectivity index is 1.88. The molecule has 1 aliphatic rings. The Kier molecular flexibility index (Phi) is 5.54. The maximum absolute atomic E-state index is 12.4. The minimum absolute atomic E-state index is 0.0515. The van der Waals surface area contributed by atoms with Crippen LogP contribution in [-0.4, -0.2) is 27.0 Å². The summed E-state index contributed by atoms with van der Waals surface area (Å²) in [7, 11) is 0. The highest BCUT2D eigenvalue weighted by Crippen LogP contribution is 2.33. The molecule has 1 aliphatic carbocycles.